The zero-order valence-electron chi connectivity index (χ0n) is 9.46. The fourth-order valence-electron chi connectivity index (χ4n) is 1.79. The molecule has 0 aromatic rings. The first-order valence-electron chi connectivity index (χ1n) is 5.57. The monoisotopic (exact) mass is 249 g/mol. The van der Waals surface area contributed by atoms with Gasteiger partial charge in [-0.2, -0.15) is 11.8 Å². The van der Waals surface area contributed by atoms with E-state index in [2.05, 4.69) is 19.2 Å². The lowest BCUT2D eigenvalue weighted by Gasteiger charge is -2.20. The maximum Gasteiger partial charge on any atom is 0.224 e. The highest BCUT2D eigenvalue weighted by Gasteiger charge is 2.24. The van der Waals surface area contributed by atoms with Crippen molar-refractivity contribution in [2.24, 2.45) is 11.8 Å². The van der Waals surface area contributed by atoms with E-state index in [0.717, 1.165) is 24.3 Å². The SMILES string of the molecule is CC(C)CC(CCl)NC(=O)C1CCSC1. The predicted octanol–water partition coefficient (Wildman–Crippen LogP) is 2.51. The van der Waals surface area contributed by atoms with Crippen molar-refractivity contribution in [1.29, 1.82) is 0 Å². The molecule has 0 spiro atoms. The van der Waals surface area contributed by atoms with Crippen LogP contribution in [0.1, 0.15) is 26.7 Å². The number of thioether (sulfide) groups is 1. The molecule has 0 saturated carbocycles. The van der Waals surface area contributed by atoms with Gasteiger partial charge in [0.25, 0.3) is 0 Å². The summed E-state index contributed by atoms with van der Waals surface area (Å²) >= 11 is 7.71. The lowest BCUT2D eigenvalue weighted by atomic mass is 10.0. The number of alkyl halides is 1. The minimum Gasteiger partial charge on any atom is -0.352 e. The summed E-state index contributed by atoms with van der Waals surface area (Å²) in [5.74, 6) is 3.60. The average Bonchev–Trinajstić information content (AvgIpc) is 2.68. The Balaban J connectivity index is 2.33. The van der Waals surface area contributed by atoms with Crippen LogP contribution in [0.5, 0.6) is 0 Å². The highest BCUT2D eigenvalue weighted by Crippen LogP contribution is 2.23. The molecule has 2 unspecified atom stereocenters. The van der Waals surface area contributed by atoms with Gasteiger partial charge in [0.15, 0.2) is 0 Å². The van der Waals surface area contributed by atoms with Crippen LogP contribution >= 0.6 is 23.4 Å². The smallest absolute Gasteiger partial charge is 0.224 e. The van der Waals surface area contributed by atoms with Crippen LogP contribution in [0.2, 0.25) is 0 Å². The molecule has 1 N–H and O–H groups in total. The van der Waals surface area contributed by atoms with Gasteiger partial charge >= 0.3 is 0 Å². The van der Waals surface area contributed by atoms with Crippen LogP contribution in [0.15, 0.2) is 0 Å². The summed E-state index contributed by atoms with van der Waals surface area (Å²) in [6.07, 6.45) is 1.99. The van der Waals surface area contributed by atoms with Crippen LogP contribution in [0, 0.1) is 11.8 Å². The van der Waals surface area contributed by atoms with E-state index in [-0.39, 0.29) is 17.9 Å². The van der Waals surface area contributed by atoms with Crippen LogP contribution in [-0.2, 0) is 4.79 Å². The number of carbonyl (C=O) groups is 1. The van der Waals surface area contributed by atoms with E-state index in [4.69, 9.17) is 11.6 Å². The lowest BCUT2D eigenvalue weighted by Crippen LogP contribution is -2.40. The van der Waals surface area contributed by atoms with Gasteiger partial charge in [-0.1, -0.05) is 13.8 Å². The molecular formula is C11H20ClNOS. The summed E-state index contributed by atoms with van der Waals surface area (Å²) in [5, 5.41) is 3.06. The molecule has 1 fully saturated rings. The van der Waals surface area contributed by atoms with E-state index >= 15 is 0 Å². The Labute approximate surface area is 102 Å². The Hall–Kier alpha value is 0.110. The Morgan fingerprint density at radius 2 is 2.33 bits per heavy atom. The van der Waals surface area contributed by atoms with Crippen LogP contribution < -0.4 is 5.32 Å². The number of hydrogen-bond donors (Lipinski definition) is 1. The third-order valence-electron chi connectivity index (χ3n) is 2.59. The van der Waals surface area contributed by atoms with Crippen molar-refractivity contribution >= 4 is 29.3 Å². The Bertz CT molecular complexity index is 205. The van der Waals surface area contributed by atoms with E-state index in [1.807, 2.05) is 11.8 Å². The van der Waals surface area contributed by atoms with Gasteiger partial charge in [-0.25, -0.2) is 0 Å². The molecule has 1 heterocycles. The third kappa shape index (κ3) is 4.64. The number of halogens is 1. The van der Waals surface area contributed by atoms with Gasteiger partial charge in [0.05, 0.1) is 0 Å². The highest BCUT2D eigenvalue weighted by molar-refractivity contribution is 7.99. The minimum atomic E-state index is 0.143. The number of rotatable bonds is 5. The van der Waals surface area contributed by atoms with Crippen molar-refractivity contribution in [3.8, 4) is 0 Å². The fourth-order valence-corrected chi connectivity index (χ4v) is 3.21. The Morgan fingerprint density at radius 3 is 2.80 bits per heavy atom. The zero-order valence-corrected chi connectivity index (χ0v) is 11.0. The molecule has 1 rings (SSSR count). The fraction of sp³-hybridized carbons (Fsp3) is 0.909. The molecule has 1 aliphatic rings. The lowest BCUT2D eigenvalue weighted by molar-refractivity contribution is -0.124. The first-order valence-corrected chi connectivity index (χ1v) is 7.26. The summed E-state index contributed by atoms with van der Waals surface area (Å²) < 4.78 is 0. The molecule has 0 aromatic carbocycles. The van der Waals surface area contributed by atoms with Gasteiger partial charge in [-0.3, -0.25) is 4.79 Å². The summed E-state index contributed by atoms with van der Waals surface area (Å²) in [7, 11) is 0. The number of carbonyl (C=O) groups excluding carboxylic acids is 1. The van der Waals surface area contributed by atoms with Gasteiger partial charge in [-0.05, 0) is 24.5 Å². The summed E-state index contributed by atoms with van der Waals surface area (Å²) in [6.45, 7) is 4.30. The summed E-state index contributed by atoms with van der Waals surface area (Å²) in [4.78, 5) is 11.8. The molecule has 1 amide bonds. The molecule has 1 aliphatic heterocycles. The summed E-state index contributed by atoms with van der Waals surface area (Å²) in [6, 6.07) is 0.143. The molecule has 15 heavy (non-hydrogen) atoms. The molecule has 0 radical (unpaired) electrons. The predicted molar refractivity (Wildman–Crippen MR) is 67.5 cm³/mol. The number of hydrogen-bond acceptors (Lipinski definition) is 2. The molecular weight excluding hydrogens is 230 g/mol. The third-order valence-corrected chi connectivity index (χ3v) is 4.12. The Kier molecular flexibility index (Phi) is 5.83. The van der Waals surface area contributed by atoms with Crippen LogP contribution in [0.4, 0.5) is 0 Å². The standard InChI is InChI=1S/C11H20ClNOS/c1-8(2)5-10(6-12)13-11(14)9-3-4-15-7-9/h8-10H,3-7H2,1-2H3,(H,13,14). The van der Waals surface area contributed by atoms with Gasteiger partial charge in [0.2, 0.25) is 5.91 Å². The topological polar surface area (TPSA) is 29.1 Å². The number of amides is 1. The van der Waals surface area contributed by atoms with E-state index in [1.165, 1.54) is 0 Å². The second-order valence-electron chi connectivity index (χ2n) is 4.55. The van der Waals surface area contributed by atoms with Gasteiger partial charge in [0.1, 0.15) is 0 Å². The molecule has 2 nitrogen and oxygen atoms in total. The van der Waals surface area contributed by atoms with Crippen molar-refractivity contribution in [3.05, 3.63) is 0 Å². The molecule has 4 heteroatoms. The number of nitrogens with one attached hydrogen (secondary N) is 1. The molecule has 0 aromatic heterocycles. The van der Waals surface area contributed by atoms with Crippen molar-refractivity contribution < 1.29 is 4.79 Å². The summed E-state index contributed by atoms with van der Waals surface area (Å²) in [5.41, 5.74) is 0. The van der Waals surface area contributed by atoms with Crippen LogP contribution in [-0.4, -0.2) is 29.3 Å². The molecule has 2 atom stereocenters. The van der Waals surface area contributed by atoms with E-state index in [1.54, 1.807) is 0 Å². The van der Waals surface area contributed by atoms with Gasteiger partial charge in [-0.15, -0.1) is 11.6 Å². The van der Waals surface area contributed by atoms with E-state index in [9.17, 15) is 4.79 Å². The largest absolute Gasteiger partial charge is 0.352 e. The second-order valence-corrected chi connectivity index (χ2v) is 6.01. The zero-order chi connectivity index (χ0) is 11.3. The molecule has 1 saturated heterocycles. The first-order chi connectivity index (χ1) is 7.13. The average molecular weight is 250 g/mol. The van der Waals surface area contributed by atoms with Gasteiger partial charge in [0, 0.05) is 23.6 Å². The molecule has 88 valence electrons. The maximum atomic E-state index is 11.8. The van der Waals surface area contributed by atoms with Crippen LogP contribution in [0.3, 0.4) is 0 Å². The quantitative estimate of drug-likeness (QED) is 0.759. The van der Waals surface area contributed by atoms with E-state index in [0.29, 0.717) is 11.8 Å². The van der Waals surface area contributed by atoms with E-state index < -0.39 is 0 Å². The van der Waals surface area contributed by atoms with Crippen molar-refractivity contribution in [1.82, 2.24) is 5.32 Å². The first kappa shape index (κ1) is 13.2. The van der Waals surface area contributed by atoms with Crippen LogP contribution in [0.25, 0.3) is 0 Å². The van der Waals surface area contributed by atoms with Crippen molar-refractivity contribution in [2.75, 3.05) is 17.4 Å². The maximum absolute atomic E-state index is 11.8. The second kappa shape index (κ2) is 6.64. The van der Waals surface area contributed by atoms with Gasteiger partial charge < -0.3 is 5.32 Å². The van der Waals surface area contributed by atoms with Crippen molar-refractivity contribution in [2.45, 2.75) is 32.7 Å². The van der Waals surface area contributed by atoms with Crippen molar-refractivity contribution in [3.63, 3.8) is 0 Å². The highest BCUT2D eigenvalue weighted by atomic mass is 35.5. The normalized spacial score (nSPS) is 23.1. The Morgan fingerprint density at radius 1 is 1.60 bits per heavy atom. The minimum absolute atomic E-state index is 0.143. The molecule has 0 bridgehead atoms. The molecule has 0 aliphatic carbocycles.